The minimum atomic E-state index is -0.106. The number of nitrogens with one attached hydrogen (secondary N) is 2. The van der Waals surface area contributed by atoms with Crippen molar-refractivity contribution in [1.82, 2.24) is 15.0 Å². The molecular weight excluding hydrogens is 472 g/mol. The Labute approximate surface area is 216 Å². The average molecular weight is 505 g/mol. The summed E-state index contributed by atoms with van der Waals surface area (Å²) in [5.41, 5.74) is 2.73. The molecule has 11 nitrogen and oxygen atoms in total. The standard InChI is InChI=1S/C26H32N8O3/c1-19(35)27-20-3-5-21(6-4-20)28-24-29-25(31-26(30-24)34-15-17-37-18-16-34)33-13-11-32(12-14-33)22-7-9-23(36-2)10-8-22/h3-10H,11-18H2,1-2H3,(H,27,35)(H,28,29,30,31). The highest BCUT2D eigenvalue weighted by Crippen LogP contribution is 2.25. The Balaban J connectivity index is 1.33. The number of anilines is 6. The van der Waals surface area contributed by atoms with Crippen molar-refractivity contribution in [2.24, 2.45) is 0 Å². The number of nitrogens with zero attached hydrogens (tertiary/aromatic N) is 6. The third-order valence-corrected chi connectivity index (χ3v) is 6.37. The van der Waals surface area contributed by atoms with Crippen molar-refractivity contribution >= 4 is 40.8 Å². The summed E-state index contributed by atoms with van der Waals surface area (Å²) in [5.74, 6) is 2.53. The molecule has 1 amide bonds. The fraction of sp³-hybridized carbons (Fsp3) is 0.385. The second-order valence-corrected chi connectivity index (χ2v) is 8.91. The van der Waals surface area contributed by atoms with Gasteiger partial charge in [-0.1, -0.05) is 0 Å². The van der Waals surface area contributed by atoms with Crippen molar-refractivity contribution in [3.05, 3.63) is 48.5 Å². The van der Waals surface area contributed by atoms with Gasteiger partial charge in [-0.25, -0.2) is 0 Å². The molecule has 11 heteroatoms. The first-order valence-electron chi connectivity index (χ1n) is 12.4. The first-order valence-corrected chi connectivity index (χ1v) is 12.4. The molecule has 2 aliphatic rings. The number of carbonyl (C=O) groups is 1. The molecule has 1 aromatic heterocycles. The monoisotopic (exact) mass is 504 g/mol. The van der Waals surface area contributed by atoms with Gasteiger partial charge < -0.3 is 34.8 Å². The number of morpholine rings is 1. The molecule has 2 aromatic carbocycles. The van der Waals surface area contributed by atoms with Crippen LogP contribution >= 0.6 is 0 Å². The van der Waals surface area contributed by atoms with Gasteiger partial charge in [0.05, 0.1) is 20.3 Å². The topological polar surface area (TPSA) is 108 Å². The lowest BCUT2D eigenvalue weighted by Crippen LogP contribution is -2.47. The maximum Gasteiger partial charge on any atom is 0.233 e. The Kier molecular flexibility index (Phi) is 7.50. The number of ether oxygens (including phenoxy) is 2. The van der Waals surface area contributed by atoms with E-state index < -0.39 is 0 Å². The number of benzene rings is 2. The third-order valence-electron chi connectivity index (χ3n) is 6.37. The molecule has 37 heavy (non-hydrogen) atoms. The summed E-state index contributed by atoms with van der Waals surface area (Å²) < 4.78 is 10.8. The Morgan fingerprint density at radius 1 is 0.784 bits per heavy atom. The van der Waals surface area contributed by atoms with Crippen molar-refractivity contribution in [2.45, 2.75) is 6.92 Å². The molecule has 0 radical (unpaired) electrons. The van der Waals surface area contributed by atoms with Crippen LogP contribution in [0, 0.1) is 0 Å². The molecule has 0 unspecified atom stereocenters. The van der Waals surface area contributed by atoms with Crippen molar-refractivity contribution < 1.29 is 14.3 Å². The van der Waals surface area contributed by atoms with Crippen molar-refractivity contribution in [3.63, 3.8) is 0 Å². The Bertz CT molecular complexity index is 1190. The van der Waals surface area contributed by atoms with Gasteiger partial charge in [-0.05, 0) is 48.5 Å². The lowest BCUT2D eigenvalue weighted by Gasteiger charge is -2.36. The van der Waals surface area contributed by atoms with Crippen LogP contribution in [0.1, 0.15) is 6.92 Å². The van der Waals surface area contributed by atoms with Crippen LogP contribution < -0.4 is 30.1 Å². The van der Waals surface area contributed by atoms with Crippen LogP contribution in [0.3, 0.4) is 0 Å². The first kappa shape index (κ1) is 24.6. The fourth-order valence-electron chi connectivity index (χ4n) is 4.38. The van der Waals surface area contributed by atoms with Crippen LogP contribution in [-0.4, -0.2) is 80.5 Å². The normalized spacial score (nSPS) is 15.9. The molecule has 2 fully saturated rings. The van der Waals surface area contributed by atoms with Gasteiger partial charge in [0.15, 0.2) is 0 Å². The van der Waals surface area contributed by atoms with Crippen LogP contribution in [-0.2, 0) is 9.53 Å². The van der Waals surface area contributed by atoms with E-state index in [4.69, 9.17) is 24.4 Å². The van der Waals surface area contributed by atoms with Gasteiger partial charge in [0.2, 0.25) is 23.8 Å². The molecule has 2 N–H and O–H groups in total. The van der Waals surface area contributed by atoms with Crippen molar-refractivity contribution in [2.75, 3.05) is 84.9 Å². The molecule has 3 aromatic rings. The summed E-state index contributed by atoms with van der Waals surface area (Å²) in [6, 6.07) is 15.6. The zero-order valence-electron chi connectivity index (χ0n) is 21.2. The Hall–Kier alpha value is -4.12. The predicted molar refractivity (Wildman–Crippen MR) is 144 cm³/mol. The van der Waals surface area contributed by atoms with Crippen molar-refractivity contribution in [1.29, 1.82) is 0 Å². The molecule has 194 valence electrons. The maximum atomic E-state index is 11.3. The van der Waals surface area contributed by atoms with E-state index >= 15 is 0 Å². The van der Waals surface area contributed by atoms with E-state index in [1.807, 2.05) is 36.4 Å². The van der Waals surface area contributed by atoms with E-state index in [1.54, 1.807) is 7.11 Å². The second-order valence-electron chi connectivity index (χ2n) is 8.91. The summed E-state index contributed by atoms with van der Waals surface area (Å²) in [7, 11) is 1.68. The molecule has 0 spiro atoms. The van der Waals surface area contributed by atoms with E-state index in [1.165, 1.54) is 12.6 Å². The van der Waals surface area contributed by atoms with Gasteiger partial charge in [-0.15, -0.1) is 0 Å². The van der Waals surface area contributed by atoms with E-state index in [9.17, 15) is 4.79 Å². The quantitative estimate of drug-likeness (QED) is 0.499. The summed E-state index contributed by atoms with van der Waals surface area (Å²) in [4.78, 5) is 32.3. The summed E-state index contributed by atoms with van der Waals surface area (Å²) in [6.07, 6.45) is 0. The molecular formula is C26H32N8O3. The highest BCUT2D eigenvalue weighted by molar-refractivity contribution is 5.88. The van der Waals surface area contributed by atoms with Crippen LogP contribution in [0.2, 0.25) is 0 Å². The number of amides is 1. The Morgan fingerprint density at radius 2 is 1.35 bits per heavy atom. The van der Waals surface area contributed by atoms with Gasteiger partial charge in [0.25, 0.3) is 0 Å². The summed E-state index contributed by atoms with van der Waals surface area (Å²) in [6.45, 7) is 7.56. The van der Waals surface area contributed by atoms with Gasteiger partial charge >= 0.3 is 0 Å². The smallest absolute Gasteiger partial charge is 0.233 e. The van der Waals surface area contributed by atoms with Crippen LogP contribution in [0.5, 0.6) is 5.75 Å². The maximum absolute atomic E-state index is 11.3. The second kappa shape index (κ2) is 11.3. The highest BCUT2D eigenvalue weighted by Gasteiger charge is 2.23. The number of carbonyl (C=O) groups excluding carboxylic acids is 1. The zero-order valence-corrected chi connectivity index (χ0v) is 21.2. The number of hydrogen-bond acceptors (Lipinski definition) is 10. The number of aromatic nitrogens is 3. The molecule has 3 heterocycles. The van der Waals surface area contributed by atoms with E-state index in [0.717, 1.165) is 56.4 Å². The van der Waals surface area contributed by atoms with Crippen LogP contribution in [0.25, 0.3) is 0 Å². The average Bonchev–Trinajstić information content (AvgIpc) is 2.94. The van der Waals surface area contributed by atoms with Gasteiger partial charge in [-0.2, -0.15) is 15.0 Å². The third kappa shape index (κ3) is 6.18. The van der Waals surface area contributed by atoms with Crippen molar-refractivity contribution in [3.8, 4) is 5.75 Å². The largest absolute Gasteiger partial charge is 0.497 e. The van der Waals surface area contributed by atoms with E-state index in [-0.39, 0.29) is 5.91 Å². The molecule has 0 bridgehead atoms. The fourth-order valence-corrected chi connectivity index (χ4v) is 4.38. The van der Waals surface area contributed by atoms with E-state index in [2.05, 4.69) is 37.5 Å². The van der Waals surface area contributed by atoms with Crippen LogP contribution in [0.15, 0.2) is 48.5 Å². The first-order chi connectivity index (χ1) is 18.1. The van der Waals surface area contributed by atoms with Crippen LogP contribution in [0.4, 0.5) is 34.9 Å². The Morgan fingerprint density at radius 3 is 1.95 bits per heavy atom. The molecule has 2 aliphatic heterocycles. The van der Waals surface area contributed by atoms with Gasteiger partial charge in [0, 0.05) is 63.3 Å². The predicted octanol–water partition coefficient (Wildman–Crippen LogP) is 2.75. The SMILES string of the molecule is COc1ccc(N2CCN(c3nc(Nc4ccc(NC(C)=O)cc4)nc(N4CCOCC4)n3)CC2)cc1. The summed E-state index contributed by atoms with van der Waals surface area (Å²) in [5, 5.41) is 6.08. The molecule has 0 saturated carbocycles. The molecule has 0 aliphatic carbocycles. The number of piperazine rings is 1. The molecule has 0 atom stereocenters. The molecule has 5 rings (SSSR count). The summed E-state index contributed by atoms with van der Waals surface area (Å²) >= 11 is 0. The lowest BCUT2D eigenvalue weighted by molar-refractivity contribution is -0.114. The minimum absolute atomic E-state index is 0.106. The molecule has 2 saturated heterocycles. The van der Waals surface area contributed by atoms with Gasteiger partial charge in [0.1, 0.15) is 5.75 Å². The number of methoxy groups -OCH3 is 1. The van der Waals surface area contributed by atoms with E-state index in [0.29, 0.717) is 31.1 Å². The minimum Gasteiger partial charge on any atom is -0.497 e. The zero-order chi connectivity index (χ0) is 25.6. The van der Waals surface area contributed by atoms with Gasteiger partial charge in [-0.3, -0.25) is 4.79 Å². The lowest BCUT2D eigenvalue weighted by atomic mass is 10.2. The number of rotatable bonds is 7. The number of hydrogen-bond donors (Lipinski definition) is 2. The highest BCUT2D eigenvalue weighted by atomic mass is 16.5.